The van der Waals surface area contributed by atoms with Gasteiger partial charge in [0, 0.05) is 30.3 Å². The van der Waals surface area contributed by atoms with Crippen LogP contribution >= 0.6 is 0 Å². The molecule has 0 bridgehead atoms. The van der Waals surface area contributed by atoms with Gasteiger partial charge in [-0.3, -0.25) is 14.9 Å². The topological polar surface area (TPSA) is 67.9 Å². The molecule has 2 aliphatic rings. The number of hydrogen-bond donors (Lipinski definition) is 1. The number of methoxy groups -OCH3 is 2. The Morgan fingerprint density at radius 2 is 1.86 bits per heavy atom. The van der Waals surface area contributed by atoms with Gasteiger partial charge in [-0.1, -0.05) is 37.3 Å². The Morgan fingerprint density at radius 3 is 2.50 bits per heavy atom. The molecule has 0 aromatic heterocycles. The third kappa shape index (κ3) is 2.37. The molecule has 2 heterocycles. The standard InChI is InChI=1S/C22H24N2O4/c1-13-18(20(25)28-4)19(14-8-6-5-7-9-14)23-22(13)16-12-15(27-3)10-11-17(16)24(2)21(22)26/h5-13,18-19,23H,1-4H3/t13-,18-,19-,22-/m0/s1. The van der Waals surface area contributed by atoms with Crippen LogP contribution in [0.5, 0.6) is 5.75 Å². The maximum Gasteiger partial charge on any atom is 0.310 e. The lowest BCUT2D eigenvalue weighted by atomic mass is 9.76. The second-order valence-corrected chi connectivity index (χ2v) is 7.43. The number of ether oxygens (including phenoxy) is 2. The number of nitrogens with zero attached hydrogens (tertiary/aromatic N) is 1. The molecular weight excluding hydrogens is 356 g/mol. The van der Waals surface area contributed by atoms with E-state index >= 15 is 0 Å². The average Bonchev–Trinajstić information content (AvgIpc) is 3.16. The van der Waals surface area contributed by atoms with Crippen molar-refractivity contribution in [1.82, 2.24) is 5.32 Å². The van der Waals surface area contributed by atoms with E-state index in [1.807, 2.05) is 55.5 Å². The van der Waals surface area contributed by atoms with Gasteiger partial charge in [-0.25, -0.2) is 0 Å². The highest BCUT2D eigenvalue weighted by Crippen LogP contribution is 2.55. The number of amides is 1. The lowest BCUT2D eigenvalue weighted by Crippen LogP contribution is -2.50. The second-order valence-electron chi connectivity index (χ2n) is 7.43. The molecule has 1 spiro atoms. The number of esters is 1. The fourth-order valence-corrected chi connectivity index (χ4v) is 4.77. The minimum absolute atomic E-state index is 0.0735. The molecular formula is C22H24N2O4. The first-order valence-corrected chi connectivity index (χ1v) is 9.32. The van der Waals surface area contributed by atoms with Crippen LogP contribution in [0.4, 0.5) is 5.69 Å². The summed E-state index contributed by atoms with van der Waals surface area (Å²) in [5.41, 5.74) is 1.59. The zero-order valence-corrected chi connectivity index (χ0v) is 16.4. The molecule has 0 saturated carbocycles. The summed E-state index contributed by atoms with van der Waals surface area (Å²) in [6.07, 6.45) is 0. The zero-order valence-electron chi connectivity index (χ0n) is 16.4. The van der Waals surface area contributed by atoms with Crippen molar-refractivity contribution in [3.8, 4) is 5.75 Å². The van der Waals surface area contributed by atoms with Gasteiger partial charge >= 0.3 is 5.97 Å². The Hall–Kier alpha value is -2.86. The summed E-state index contributed by atoms with van der Waals surface area (Å²) >= 11 is 0. The second kappa shape index (κ2) is 6.63. The van der Waals surface area contributed by atoms with Gasteiger partial charge in [0.25, 0.3) is 5.91 Å². The maximum atomic E-state index is 13.5. The summed E-state index contributed by atoms with van der Waals surface area (Å²) in [6.45, 7) is 1.94. The fraction of sp³-hybridized carbons (Fsp3) is 0.364. The molecule has 4 atom stereocenters. The number of rotatable bonds is 3. The van der Waals surface area contributed by atoms with Crippen LogP contribution in [0, 0.1) is 11.8 Å². The lowest BCUT2D eigenvalue weighted by Gasteiger charge is -2.29. The van der Waals surface area contributed by atoms with Gasteiger partial charge in [-0.2, -0.15) is 0 Å². The molecule has 4 rings (SSSR count). The maximum absolute atomic E-state index is 13.5. The summed E-state index contributed by atoms with van der Waals surface area (Å²) in [5.74, 6) is -0.531. The molecule has 2 aliphatic heterocycles. The van der Waals surface area contributed by atoms with Crippen LogP contribution in [0.3, 0.4) is 0 Å². The van der Waals surface area contributed by atoms with Gasteiger partial charge in [-0.15, -0.1) is 0 Å². The Bertz CT molecular complexity index is 929. The van der Waals surface area contributed by atoms with Crippen LogP contribution in [0.1, 0.15) is 24.1 Å². The monoisotopic (exact) mass is 380 g/mol. The Kier molecular flexibility index (Phi) is 4.38. The lowest BCUT2D eigenvalue weighted by molar-refractivity contribution is -0.147. The molecule has 146 valence electrons. The number of anilines is 1. The fourth-order valence-electron chi connectivity index (χ4n) is 4.77. The van der Waals surface area contributed by atoms with Gasteiger partial charge in [0.15, 0.2) is 0 Å². The molecule has 1 amide bonds. The first-order chi connectivity index (χ1) is 13.5. The number of hydrogen-bond acceptors (Lipinski definition) is 5. The van der Waals surface area contributed by atoms with Crippen molar-refractivity contribution >= 4 is 17.6 Å². The summed E-state index contributed by atoms with van der Waals surface area (Å²) in [7, 11) is 4.76. The van der Waals surface area contributed by atoms with Crippen LogP contribution in [-0.4, -0.2) is 33.1 Å². The normalized spacial score (nSPS) is 28.5. The Labute approximate surface area is 164 Å². The predicted octanol–water partition coefficient (Wildman–Crippen LogP) is 2.64. The third-order valence-corrected chi connectivity index (χ3v) is 6.23. The van der Waals surface area contributed by atoms with E-state index in [9.17, 15) is 9.59 Å². The van der Waals surface area contributed by atoms with Crippen LogP contribution in [0.2, 0.25) is 0 Å². The van der Waals surface area contributed by atoms with Gasteiger partial charge < -0.3 is 14.4 Å². The van der Waals surface area contributed by atoms with E-state index in [1.54, 1.807) is 19.1 Å². The van der Waals surface area contributed by atoms with Crippen LogP contribution in [-0.2, 0) is 19.9 Å². The molecule has 0 aliphatic carbocycles. The van der Waals surface area contributed by atoms with Gasteiger partial charge in [0.2, 0.25) is 0 Å². The molecule has 6 heteroatoms. The summed E-state index contributed by atoms with van der Waals surface area (Å²) < 4.78 is 10.5. The van der Waals surface area contributed by atoms with E-state index in [0.717, 1.165) is 16.8 Å². The molecule has 1 fully saturated rings. The van der Waals surface area contributed by atoms with Crippen molar-refractivity contribution in [1.29, 1.82) is 0 Å². The molecule has 1 saturated heterocycles. The Balaban J connectivity index is 1.90. The third-order valence-electron chi connectivity index (χ3n) is 6.23. The minimum atomic E-state index is -1.02. The highest BCUT2D eigenvalue weighted by atomic mass is 16.5. The van der Waals surface area contributed by atoms with Crippen molar-refractivity contribution in [3.63, 3.8) is 0 Å². The SMILES string of the molecule is COC(=O)[C@@H]1[C@H](c2ccccc2)N[C@@]2(C(=O)N(C)c3ccc(OC)cc32)[C@H]1C. The van der Waals surface area contributed by atoms with Gasteiger partial charge in [-0.05, 0) is 23.8 Å². The highest BCUT2D eigenvalue weighted by Gasteiger charge is 2.63. The van der Waals surface area contributed by atoms with Crippen LogP contribution in [0.15, 0.2) is 48.5 Å². The van der Waals surface area contributed by atoms with Crippen molar-refractivity contribution in [2.24, 2.45) is 11.8 Å². The summed E-state index contributed by atoms with van der Waals surface area (Å²) in [4.78, 5) is 27.9. The average molecular weight is 380 g/mol. The van der Waals surface area contributed by atoms with Gasteiger partial charge in [0.1, 0.15) is 11.3 Å². The van der Waals surface area contributed by atoms with E-state index in [0.29, 0.717) is 5.75 Å². The largest absolute Gasteiger partial charge is 0.497 e. The summed E-state index contributed by atoms with van der Waals surface area (Å²) in [5, 5.41) is 3.54. The number of nitrogens with one attached hydrogen (secondary N) is 1. The minimum Gasteiger partial charge on any atom is -0.497 e. The molecule has 1 N–H and O–H groups in total. The Morgan fingerprint density at radius 1 is 1.14 bits per heavy atom. The first kappa shape index (κ1) is 18.5. The molecule has 6 nitrogen and oxygen atoms in total. The number of likely N-dealkylation sites (N-methyl/N-ethyl adjacent to an activating group) is 1. The van der Waals surface area contributed by atoms with Crippen LogP contribution in [0.25, 0.3) is 0 Å². The van der Waals surface area contributed by atoms with E-state index < -0.39 is 11.5 Å². The van der Waals surface area contributed by atoms with Crippen LogP contribution < -0.4 is 15.0 Å². The predicted molar refractivity (Wildman–Crippen MR) is 105 cm³/mol. The number of fused-ring (bicyclic) bond motifs is 2. The zero-order chi connectivity index (χ0) is 20.1. The van der Waals surface area contributed by atoms with Crippen molar-refractivity contribution in [2.45, 2.75) is 18.5 Å². The molecule has 28 heavy (non-hydrogen) atoms. The van der Waals surface area contributed by atoms with E-state index in [4.69, 9.17) is 9.47 Å². The quantitative estimate of drug-likeness (QED) is 0.829. The highest BCUT2D eigenvalue weighted by molar-refractivity contribution is 6.08. The van der Waals surface area contributed by atoms with Crippen molar-refractivity contribution in [3.05, 3.63) is 59.7 Å². The molecule has 0 unspecified atom stereocenters. The number of benzene rings is 2. The van der Waals surface area contributed by atoms with E-state index in [-0.39, 0.29) is 23.8 Å². The van der Waals surface area contributed by atoms with Crippen molar-refractivity contribution < 1.29 is 19.1 Å². The smallest absolute Gasteiger partial charge is 0.310 e. The molecule has 2 aromatic rings. The van der Waals surface area contributed by atoms with Gasteiger partial charge in [0.05, 0.1) is 20.1 Å². The number of carbonyl (C=O) groups excluding carboxylic acids is 2. The number of carbonyl (C=O) groups is 2. The molecule has 2 aromatic carbocycles. The van der Waals surface area contributed by atoms with E-state index in [1.165, 1.54) is 7.11 Å². The summed E-state index contributed by atoms with van der Waals surface area (Å²) in [6, 6.07) is 15.0. The first-order valence-electron chi connectivity index (χ1n) is 9.32. The van der Waals surface area contributed by atoms with E-state index in [2.05, 4.69) is 5.32 Å². The molecule has 0 radical (unpaired) electrons. The van der Waals surface area contributed by atoms with Crippen molar-refractivity contribution in [2.75, 3.05) is 26.2 Å².